The van der Waals surface area contributed by atoms with Crippen LogP contribution in [0, 0.1) is 29.3 Å². The largest absolute Gasteiger partial charge is 1.00 e. The molecule has 5 nitrogen and oxygen atoms in total. The number of nitrogens with zero attached hydrogens (tertiary/aromatic N) is 4. The third-order valence-corrected chi connectivity index (χ3v) is 5.52. The van der Waals surface area contributed by atoms with Gasteiger partial charge in [-0.25, -0.2) is 18.2 Å². The second kappa shape index (κ2) is 8.73. The van der Waals surface area contributed by atoms with Crippen molar-refractivity contribution in [3.63, 3.8) is 0 Å². The minimum atomic E-state index is -3.27. The molecule has 3 aromatic rings. The number of hydrogen-bond acceptors (Lipinski definition) is 5. The molecule has 2 heterocycles. The summed E-state index contributed by atoms with van der Waals surface area (Å²) in [6.45, 7) is 2.66. The number of alkyl halides is 2. The van der Waals surface area contributed by atoms with E-state index in [1.54, 1.807) is 6.07 Å². The molecule has 1 fully saturated rings. The zero-order valence-electron chi connectivity index (χ0n) is 17.5. The molecule has 0 saturated heterocycles. The summed E-state index contributed by atoms with van der Waals surface area (Å²) in [5, 5.41) is 13.0. The topological polar surface area (TPSA) is 74.5 Å². The van der Waals surface area contributed by atoms with E-state index in [1.165, 1.54) is 32.3 Å². The van der Waals surface area contributed by atoms with Crippen molar-refractivity contribution in [3.8, 4) is 6.07 Å². The van der Waals surface area contributed by atoms with Gasteiger partial charge in [0.05, 0.1) is 22.7 Å². The summed E-state index contributed by atoms with van der Waals surface area (Å²) in [4.78, 5) is 12.5. The standard InChI is InChI=1S/C22H19F3N5.Na/c1-13(2)22(24,25)17-5-3-4-14(18(17)23)9-27-19-16-8-15(21(11-26)6-7-21)10-28-20(16)30-12-29-19;/h3-5,8,12-13H,6-7,9H2,1-2H3,(H,27,28,29,30);/q-1;+1. The van der Waals surface area contributed by atoms with E-state index in [9.17, 15) is 18.4 Å². The number of anilines is 1. The second-order valence-corrected chi connectivity index (χ2v) is 7.84. The van der Waals surface area contributed by atoms with Crippen molar-refractivity contribution in [2.24, 2.45) is 5.92 Å². The molecule has 154 valence electrons. The molecule has 0 amide bonds. The van der Waals surface area contributed by atoms with Crippen molar-refractivity contribution in [2.45, 2.75) is 44.6 Å². The third kappa shape index (κ3) is 4.27. The van der Waals surface area contributed by atoms with Gasteiger partial charge in [-0.3, -0.25) is 4.98 Å². The molecule has 0 aliphatic heterocycles. The Labute approximate surface area is 200 Å². The van der Waals surface area contributed by atoms with Gasteiger partial charge in [-0.2, -0.15) is 11.3 Å². The van der Waals surface area contributed by atoms with Crippen molar-refractivity contribution < 1.29 is 42.7 Å². The van der Waals surface area contributed by atoms with Gasteiger partial charge in [-0.05, 0) is 18.2 Å². The summed E-state index contributed by atoms with van der Waals surface area (Å²) in [6.07, 6.45) is 5.67. The number of aromatic nitrogens is 3. The molecule has 1 aliphatic carbocycles. The van der Waals surface area contributed by atoms with Gasteiger partial charge < -0.3 is 10.3 Å². The minimum Gasteiger partial charge on any atom is -0.369 e. The number of hydrogen-bond donors (Lipinski definition) is 1. The summed E-state index contributed by atoms with van der Waals surface area (Å²) in [6, 6.07) is 8.05. The van der Waals surface area contributed by atoms with Gasteiger partial charge in [0.15, 0.2) is 0 Å². The molecule has 0 radical (unpaired) electrons. The number of nitrogens with one attached hydrogen (secondary N) is 1. The zero-order chi connectivity index (χ0) is 21.5. The van der Waals surface area contributed by atoms with E-state index in [4.69, 9.17) is 0 Å². The van der Waals surface area contributed by atoms with Crippen LogP contribution in [0.15, 0.2) is 30.6 Å². The summed E-state index contributed by atoms with van der Waals surface area (Å²) in [7, 11) is 0. The third-order valence-electron chi connectivity index (χ3n) is 5.52. The Hall–Kier alpha value is -2.21. The fraction of sp³-hybridized carbons (Fsp3) is 0.364. The molecule has 9 heteroatoms. The van der Waals surface area contributed by atoms with E-state index in [-0.39, 0.29) is 41.7 Å². The van der Waals surface area contributed by atoms with E-state index in [1.807, 2.05) is 0 Å². The Kier molecular flexibility index (Phi) is 6.61. The number of rotatable bonds is 6. The Morgan fingerprint density at radius 1 is 1.29 bits per heavy atom. The van der Waals surface area contributed by atoms with E-state index in [2.05, 4.69) is 32.5 Å². The monoisotopic (exact) mass is 433 g/mol. The SMILES string of the molecule is CC(C)C(F)(F)c1cccc(CNc2ncnc3n[c-]c(C4(C#N)CC4)cc23)c1F.[Na+]. The maximum atomic E-state index is 14.8. The summed E-state index contributed by atoms with van der Waals surface area (Å²) in [5.41, 5.74) is -0.0406. The van der Waals surface area contributed by atoms with E-state index >= 15 is 0 Å². The molecule has 2 aromatic heterocycles. The van der Waals surface area contributed by atoms with Crippen LogP contribution < -0.4 is 34.9 Å². The molecule has 0 unspecified atom stereocenters. The molecule has 31 heavy (non-hydrogen) atoms. The average molecular weight is 433 g/mol. The fourth-order valence-corrected chi connectivity index (χ4v) is 3.31. The molecule has 1 N–H and O–H groups in total. The zero-order valence-corrected chi connectivity index (χ0v) is 19.5. The molecule has 0 atom stereocenters. The predicted octanol–water partition coefficient (Wildman–Crippen LogP) is 1.88. The number of halogens is 3. The average Bonchev–Trinajstić information content (AvgIpc) is 3.53. The first-order valence-corrected chi connectivity index (χ1v) is 9.63. The molecule has 1 aliphatic rings. The summed E-state index contributed by atoms with van der Waals surface area (Å²) < 4.78 is 43.5. The summed E-state index contributed by atoms with van der Waals surface area (Å²) in [5.74, 6) is -4.85. The maximum absolute atomic E-state index is 14.8. The smallest absolute Gasteiger partial charge is 0.369 e. The van der Waals surface area contributed by atoms with Crippen LogP contribution in [0.5, 0.6) is 0 Å². The molecular weight excluding hydrogens is 414 g/mol. The fourth-order valence-electron chi connectivity index (χ4n) is 3.31. The number of benzene rings is 1. The second-order valence-electron chi connectivity index (χ2n) is 7.84. The van der Waals surface area contributed by atoms with Crippen molar-refractivity contribution in [3.05, 3.63) is 59.3 Å². The van der Waals surface area contributed by atoms with Crippen molar-refractivity contribution in [2.75, 3.05) is 5.32 Å². The van der Waals surface area contributed by atoms with Crippen LogP contribution in [-0.2, 0) is 17.9 Å². The van der Waals surface area contributed by atoms with Crippen LogP contribution in [0.1, 0.15) is 43.4 Å². The molecule has 0 bridgehead atoms. The van der Waals surface area contributed by atoms with Crippen molar-refractivity contribution in [1.82, 2.24) is 15.0 Å². The van der Waals surface area contributed by atoms with Gasteiger partial charge in [0.2, 0.25) is 0 Å². The normalized spacial score (nSPS) is 14.7. The quantitative estimate of drug-likeness (QED) is 0.475. The van der Waals surface area contributed by atoms with Crippen LogP contribution in [0.3, 0.4) is 0 Å². The van der Waals surface area contributed by atoms with Crippen LogP contribution >= 0.6 is 0 Å². The first-order chi connectivity index (χ1) is 14.3. The number of fused-ring (bicyclic) bond motifs is 1. The van der Waals surface area contributed by atoms with Gasteiger partial charge in [0.25, 0.3) is 5.92 Å². The Balaban J connectivity index is 0.00000272. The molecule has 1 aromatic carbocycles. The molecule has 4 rings (SSSR count). The molecule has 1 saturated carbocycles. The first kappa shape index (κ1) is 23.5. The molecule has 0 spiro atoms. The Morgan fingerprint density at radius 3 is 2.68 bits per heavy atom. The van der Waals surface area contributed by atoms with Crippen molar-refractivity contribution in [1.29, 1.82) is 5.26 Å². The van der Waals surface area contributed by atoms with Crippen molar-refractivity contribution >= 4 is 16.9 Å². The van der Waals surface area contributed by atoms with Crippen LogP contribution in [-0.4, -0.2) is 15.0 Å². The van der Waals surface area contributed by atoms with Crippen LogP contribution in [0.2, 0.25) is 0 Å². The van der Waals surface area contributed by atoms with Gasteiger partial charge in [-0.15, -0.1) is 5.56 Å². The molecular formula is C22H19F3N5Na. The summed E-state index contributed by atoms with van der Waals surface area (Å²) >= 11 is 0. The van der Waals surface area contributed by atoms with Gasteiger partial charge in [0, 0.05) is 18.0 Å². The van der Waals surface area contributed by atoms with Gasteiger partial charge in [0.1, 0.15) is 18.0 Å². The van der Waals surface area contributed by atoms with E-state index < -0.39 is 28.6 Å². The Bertz CT molecular complexity index is 1160. The first-order valence-electron chi connectivity index (χ1n) is 9.63. The maximum Gasteiger partial charge on any atom is 1.00 e. The van der Waals surface area contributed by atoms with Crippen LogP contribution in [0.25, 0.3) is 11.0 Å². The van der Waals surface area contributed by atoms with Gasteiger partial charge >= 0.3 is 29.6 Å². The predicted molar refractivity (Wildman–Crippen MR) is 105 cm³/mol. The number of nitriles is 1. The van der Waals surface area contributed by atoms with E-state index in [0.29, 0.717) is 22.4 Å². The number of pyridine rings is 1. The van der Waals surface area contributed by atoms with Crippen LogP contribution in [0.4, 0.5) is 19.0 Å². The minimum absolute atomic E-state index is 0. The Morgan fingerprint density at radius 2 is 2.03 bits per heavy atom. The van der Waals surface area contributed by atoms with E-state index in [0.717, 1.165) is 18.9 Å². The van der Waals surface area contributed by atoms with Gasteiger partial charge in [-0.1, -0.05) is 38.2 Å².